The standard InChI is InChI=1S/C13H13BrClN3/c1-2-7-16-13-6-5-12(17-18-13)10-4-3-9(14)8-11(10)15/h3-6,8H,2,7H2,1H3,(H,16,18). The highest BCUT2D eigenvalue weighted by atomic mass is 79.9. The molecule has 3 nitrogen and oxygen atoms in total. The van der Waals surface area contributed by atoms with Crippen molar-refractivity contribution in [2.45, 2.75) is 13.3 Å². The van der Waals surface area contributed by atoms with Gasteiger partial charge in [-0.3, -0.25) is 0 Å². The smallest absolute Gasteiger partial charge is 0.148 e. The molecule has 0 saturated heterocycles. The Hall–Kier alpha value is -1.13. The van der Waals surface area contributed by atoms with Crippen molar-refractivity contribution in [2.24, 2.45) is 0 Å². The molecule has 0 aliphatic heterocycles. The first-order valence-corrected chi connectivity index (χ1v) is 6.91. The van der Waals surface area contributed by atoms with Crippen LogP contribution in [0.4, 0.5) is 5.82 Å². The number of rotatable bonds is 4. The predicted octanol–water partition coefficient (Wildman–Crippen LogP) is 4.38. The van der Waals surface area contributed by atoms with Crippen LogP contribution in [0.5, 0.6) is 0 Å². The number of anilines is 1. The van der Waals surface area contributed by atoms with Gasteiger partial charge in [0.1, 0.15) is 5.82 Å². The maximum absolute atomic E-state index is 6.17. The molecule has 0 saturated carbocycles. The van der Waals surface area contributed by atoms with E-state index in [9.17, 15) is 0 Å². The normalized spacial score (nSPS) is 10.4. The summed E-state index contributed by atoms with van der Waals surface area (Å²) in [6.45, 7) is 3.00. The fourth-order valence-corrected chi connectivity index (χ4v) is 2.29. The highest BCUT2D eigenvalue weighted by Gasteiger charge is 2.06. The monoisotopic (exact) mass is 325 g/mol. The van der Waals surface area contributed by atoms with Crippen molar-refractivity contribution in [3.63, 3.8) is 0 Å². The highest BCUT2D eigenvalue weighted by molar-refractivity contribution is 9.10. The van der Waals surface area contributed by atoms with E-state index >= 15 is 0 Å². The zero-order valence-electron chi connectivity index (χ0n) is 9.95. The van der Waals surface area contributed by atoms with E-state index in [0.29, 0.717) is 5.02 Å². The van der Waals surface area contributed by atoms with Crippen LogP contribution in [0.25, 0.3) is 11.3 Å². The molecule has 0 aliphatic rings. The molecular weight excluding hydrogens is 314 g/mol. The van der Waals surface area contributed by atoms with Crippen LogP contribution >= 0.6 is 27.5 Å². The SMILES string of the molecule is CCCNc1ccc(-c2ccc(Br)cc2Cl)nn1. The Bertz CT molecular complexity index is 528. The van der Waals surface area contributed by atoms with E-state index in [1.165, 1.54) is 0 Å². The topological polar surface area (TPSA) is 37.8 Å². The van der Waals surface area contributed by atoms with Gasteiger partial charge in [-0.2, -0.15) is 0 Å². The third-order valence-corrected chi connectivity index (χ3v) is 3.23. The maximum Gasteiger partial charge on any atom is 0.148 e. The number of halogens is 2. The van der Waals surface area contributed by atoms with Crippen LogP contribution in [-0.4, -0.2) is 16.7 Å². The molecule has 18 heavy (non-hydrogen) atoms. The molecule has 0 atom stereocenters. The molecule has 0 unspecified atom stereocenters. The summed E-state index contributed by atoms with van der Waals surface area (Å²) in [7, 11) is 0. The largest absolute Gasteiger partial charge is 0.369 e. The Morgan fingerprint density at radius 2 is 2.06 bits per heavy atom. The van der Waals surface area contributed by atoms with Crippen molar-refractivity contribution in [1.82, 2.24) is 10.2 Å². The second-order valence-corrected chi connectivity index (χ2v) is 5.18. The molecule has 0 aliphatic carbocycles. The Balaban J connectivity index is 2.23. The van der Waals surface area contributed by atoms with Crippen LogP contribution in [-0.2, 0) is 0 Å². The van der Waals surface area contributed by atoms with Gasteiger partial charge in [-0.05, 0) is 30.7 Å². The van der Waals surface area contributed by atoms with Gasteiger partial charge in [0.05, 0.1) is 10.7 Å². The summed E-state index contributed by atoms with van der Waals surface area (Å²) in [4.78, 5) is 0. The fraction of sp³-hybridized carbons (Fsp3) is 0.231. The minimum atomic E-state index is 0.660. The van der Waals surface area contributed by atoms with E-state index in [1.54, 1.807) is 0 Å². The average molecular weight is 327 g/mol. The van der Waals surface area contributed by atoms with Gasteiger partial charge < -0.3 is 5.32 Å². The van der Waals surface area contributed by atoms with E-state index in [1.807, 2.05) is 30.3 Å². The van der Waals surface area contributed by atoms with Crippen LogP contribution in [0.15, 0.2) is 34.8 Å². The quantitative estimate of drug-likeness (QED) is 0.906. The second-order valence-electron chi connectivity index (χ2n) is 3.85. The lowest BCUT2D eigenvalue weighted by Gasteiger charge is -2.06. The minimum absolute atomic E-state index is 0.660. The molecule has 0 amide bonds. The van der Waals surface area contributed by atoms with Crippen LogP contribution in [0.1, 0.15) is 13.3 Å². The van der Waals surface area contributed by atoms with Crippen molar-refractivity contribution in [3.05, 3.63) is 39.8 Å². The first kappa shape index (κ1) is 13.3. The predicted molar refractivity (Wildman–Crippen MR) is 79.0 cm³/mol. The van der Waals surface area contributed by atoms with Crippen molar-refractivity contribution in [2.75, 3.05) is 11.9 Å². The number of nitrogens with zero attached hydrogens (tertiary/aromatic N) is 2. The lowest BCUT2D eigenvalue weighted by atomic mass is 10.1. The lowest BCUT2D eigenvalue weighted by molar-refractivity contribution is 0.945. The molecule has 1 N–H and O–H groups in total. The van der Waals surface area contributed by atoms with Crippen molar-refractivity contribution >= 4 is 33.3 Å². The van der Waals surface area contributed by atoms with Crippen LogP contribution in [0, 0.1) is 0 Å². The number of hydrogen-bond donors (Lipinski definition) is 1. The second kappa shape index (κ2) is 6.16. The lowest BCUT2D eigenvalue weighted by Crippen LogP contribution is -2.02. The highest BCUT2D eigenvalue weighted by Crippen LogP contribution is 2.29. The summed E-state index contributed by atoms with van der Waals surface area (Å²) in [5, 5.41) is 12.1. The van der Waals surface area contributed by atoms with Gasteiger partial charge in [-0.15, -0.1) is 10.2 Å². The first-order chi connectivity index (χ1) is 8.70. The minimum Gasteiger partial charge on any atom is -0.369 e. The molecule has 0 spiro atoms. The van der Waals surface area contributed by atoms with Gasteiger partial charge >= 0.3 is 0 Å². The molecule has 1 heterocycles. The first-order valence-electron chi connectivity index (χ1n) is 5.73. The van der Waals surface area contributed by atoms with Gasteiger partial charge in [-0.25, -0.2) is 0 Å². The summed E-state index contributed by atoms with van der Waals surface area (Å²) in [6, 6.07) is 9.54. The Kier molecular flexibility index (Phi) is 4.55. The summed E-state index contributed by atoms with van der Waals surface area (Å²) in [5.41, 5.74) is 1.66. The molecule has 1 aromatic heterocycles. The van der Waals surface area contributed by atoms with Gasteiger partial charge in [-0.1, -0.05) is 40.5 Å². The molecule has 2 aromatic rings. The van der Waals surface area contributed by atoms with Gasteiger partial charge in [0.2, 0.25) is 0 Å². The Morgan fingerprint density at radius 3 is 2.67 bits per heavy atom. The van der Waals surface area contributed by atoms with Crippen molar-refractivity contribution in [1.29, 1.82) is 0 Å². The number of aromatic nitrogens is 2. The summed E-state index contributed by atoms with van der Waals surface area (Å²) >= 11 is 9.55. The summed E-state index contributed by atoms with van der Waals surface area (Å²) in [5.74, 6) is 0.786. The molecule has 0 radical (unpaired) electrons. The van der Waals surface area contributed by atoms with Crippen molar-refractivity contribution in [3.8, 4) is 11.3 Å². The molecular formula is C13H13BrClN3. The van der Waals surface area contributed by atoms with E-state index in [2.05, 4.69) is 38.4 Å². The number of hydrogen-bond acceptors (Lipinski definition) is 3. The summed E-state index contributed by atoms with van der Waals surface area (Å²) in [6.07, 6.45) is 1.06. The number of nitrogens with one attached hydrogen (secondary N) is 1. The molecule has 94 valence electrons. The van der Waals surface area contributed by atoms with E-state index in [0.717, 1.165) is 34.5 Å². The average Bonchev–Trinajstić information content (AvgIpc) is 2.37. The van der Waals surface area contributed by atoms with Gasteiger partial charge in [0.15, 0.2) is 0 Å². The molecule has 0 bridgehead atoms. The third-order valence-electron chi connectivity index (χ3n) is 2.43. The maximum atomic E-state index is 6.17. The van der Waals surface area contributed by atoms with Gasteiger partial charge in [0, 0.05) is 16.6 Å². The molecule has 2 rings (SSSR count). The fourth-order valence-electron chi connectivity index (χ4n) is 1.52. The number of benzene rings is 1. The Labute approximate surface area is 120 Å². The zero-order valence-corrected chi connectivity index (χ0v) is 12.3. The molecule has 5 heteroatoms. The summed E-state index contributed by atoms with van der Waals surface area (Å²) < 4.78 is 0.949. The van der Waals surface area contributed by atoms with Gasteiger partial charge in [0.25, 0.3) is 0 Å². The van der Waals surface area contributed by atoms with Crippen LogP contribution in [0.2, 0.25) is 5.02 Å². The van der Waals surface area contributed by atoms with E-state index < -0.39 is 0 Å². The molecule has 1 aromatic carbocycles. The van der Waals surface area contributed by atoms with E-state index in [-0.39, 0.29) is 0 Å². The van der Waals surface area contributed by atoms with Crippen LogP contribution in [0.3, 0.4) is 0 Å². The van der Waals surface area contributed by atoms with Crippen LogP contribution < -0.4 is 5.32 Å². The third kappa shape index (κ3) is 3.21. The van der Waals surface area contributed by atoms with E-state index in [4.69, 9.17) is 11.6 Å². The molecule has 0 fully saturated rings. The zero-order chi connectivity index (χ0) is 13.0. The van der Waals surface area contributed by atoms with Crippen molar-refractivity contribution < 1.29 is 0 Å². The Morgan fingerprint density at radius 1 is 1.22 bits per heavy atom.